The van der Waals surface area contributed by atoms with Crippen molar-refractivity contribution in [3.05, 3.63) is 58.6 Å². The zero-order valence-electron chi connectivity index (χ0n) is 16.1. The van der Waals surface area contributed by atoms with Crippen molar-refractivity contribution >= 4 is 46.3 Å². The summed E-state index contributed by atoms with van der Waals surface area (Å²) in [5.41, 5.74) is 7.89. The van der Waals surface area contributed by atoms with Crippen LogP contribution in [0.25, 0.3) is 4.85 Å². The van der Waals surface area contributed by atoms with Gasteiger partial charge in [0.1, 0.15) is 11.7 Å². The van der Waals surface area contributed by atoms with Gasteiger partial charge < -0.3 is 15.5 Å². The zero-order chi connectivity index (χ0) is 20.9. The number of anilines is 2. The lowest BCUT2D eigenvalue weighted by molar-refractivity contribution is -0.123. The number of carbonyl (C=O) groups excluding carboxylic acids is 2. The van der Waals surface area contributed by atoms with Crippen LogP contribution in [0.3, 0.4) is 0 Å². The first-order valence-corrected chi connectivity index (χ1v) is 9.64. The van der Waals surface area contributed by atoms with Crippen LogP contribution in [0.2, 0.25) is 0 Å². The Bertz CT molecular complexity index is 1120. The summed E-state index contributed by atoms with van der Waals surface area (Å²) in [4.78, 5) is 36.0. The first-order valence-electron chi connectivity index (χ1n) is 9.23. The summed E-state index contributed by atoms with van der Waals surface area (Å²) < 4.78 is 0. The molecule has 0 atom stereocenters. The maximum absolute atomic E-state index is 13.5. The van der Waals surface area contributed by atoms with Crippen LogP contribution in [-0.4, -0.2) is 27.4 Å². The predicted molar refractivity (Wildman–Crippen MR) is 114 cm³/mol. The topological polar surface area (TPSA) is 83.9 Å². The van der Waals surface area contributed by atoms with Gasteiger partial charge in [0.25, 0.3) is 11.7 Å². The third kappa shape index (κ3) is 2.69. The van der Waals surface area contributed by atoms with Crippen LogP contribution in [0.4, 0.5) is 17.2 Å². The Balaban J connectivity index is 1.80. The van der Waals surface area contributed by atoms with Crippen LogP contribution < -0.4 is 15.5 Å². The fourth-order valence-electron chi connectivity index (χ4n) is 4.06. The molecule has 1 saturated heterocycles. The van der Waals surface area contributed by atoms with Gasteiger partial charge in [-0.25, -0.2) is 0 Å². The van der Waals surface area contributed by atoms with Gasteiger partial charge in [0, 0.05) is 11.3 Å². The lowest BCUT2D eigenvalue weighted by atomic mass is 9.75. The van der Waals surface area contributed by atoms with Crippen molar-refractivity contribution in [1.82, 2.24) is 4.98 Å². The molecule has 2 fully saturated rings. The summed E-state index contributed by atoms with van der Waals surface area (Å²) in [6, 6.07) is 7.06. The third-order valence-corrected chi connectivity index (χ3v) is 6.09. The summed E-state index contributed by atoms with van der Waals surface area (Å²) >= 11 is 5.74. The molecule has 1 aromatic carbocycles. The van der Waals surface area contributed by atoms with Crippen molar-refractivity contribution < 1.29 is 9.59 Å². The Morgan fingerprint density at radius 1 is 1.24 bits per heavy atom. The van der Waals surface area contributed by atoms with E-state index in [9.17, 15) is 9.59 Å². The fraction of sp³-hybridized carbons (Fsp3) is 0.286. The van der Waals surface area contributed by atoms with Crippen LogP contribution in [0.5, 0.6) is 0 Å². The van der Waals surface area contributed by atoms with E-state index < -0.39 is 11.4 Å². The van der Waals surface area contributed by atoms with Gasteiger partial charge in [-0.1, -0.05) is 6.57 Å². The minimum absolute atomic E-state index is 0.0813. The molecule has 1 aliphatic heterocycles. The Morgan fingerprint density at radius 3 is 2.45 bits per heavy atom. The Morgan fingerprint density at radius 2 is 1.93 bits per heavy atom. The molecule has 0 radical (unpaired) electrons. The van der Waals surface area contributed by atoms with E-state index in [1.807, 2.05) is 17.9 Å². The average molecular weight is 405 g/mol. The molecule has 2 aliphatic rings. The SMILES string of the molecule is [C-]#[N+]c1ncc(N2C(=O)C3(CCC3)N(c3ccc(C(N)=O)c(C)c3)C2=S)cc1C. The molecule has 2 N–H and O–H groups in total. The number of rotatable bonds is 3. The highest BCUT2D eigenvalue weighted by Crippen LogP contribution is 2.48. The second kappa shape index (κ2) is 6.64. The first kappa shape index (κ1) is 19.0. The normalized spacial score (nSPS) is 17.4. The molecule has 29 heavy (non-hydrogen) atoms. The molecule has 2 heterocycles. The van der Waals surface area contributed by atoms with Crippen LogP contribution in [0, 0.1) is 20.4 Å². The Labute approximate surface area is 173 Å². The molecule has 1 saturated carbocycles. The second-order valence-corrected chi connectivity index (χ2v) is 7.82. The maximum atomic E-state index is 13.5. The second-order valence-electron chi connectivity index (χ2n) is 7.45. The molecular weight excluding hydrogens is 386 g/mol. The minimum atomic E-state index is -0.718. The minimum Gasteiger partial charge on any atom is -0.366 e. The smallest absolute Gasteiger partial charge is 0.272 e. The standard InChI is InChI=1S/C21H19N5O2S/c1-12-9-14(5-6-16(12)17(22)27)26-20(29)25(19(28)21(26)7-4-8-21)15-10-13(2)18(23-3)24-11-15/h5-6,9-11H,4,7-8H2,1-2H3,(H2,22,27). The number of nitrogens with zero attached hydrogens (tertiary/aromatic N) is 4. The van der Waals surface area contributed by atoms with Crippen LogP contribution in [0.1, 0.15) is 40.7 Å². The van der Waals surface area contributed by atoms with Gasteiger partial charge in [0.15, 0.2) is 5.11 Å². The summed E-state index contributed by atoms with van der Waals surface area (Å²) in [5.74, 6) is -0.267. The van der Waals surface area contributed by atoms with Crippen molar-refractivity contribution in [2.24, 2.45) is 5.73 Å². The number of carbonyl (C=O) groups is 2. The quantitative estimate of drug-likeness (QED) is 0.625. The largest absolute Gasteiger partial charge is 0.366 e. The van der Waals surface area contributed by atoms with Crippen LogP contribution >= 0.6 is 12.2 Å². The van der Waals surface area contributed by atoms with Gasteiger partial charge >= 0.3 is 0 Å². The molecular formula is C21H19N5O2S. The zero-order valence-corrected chi connectivity index (χ0v) is 16.9. The van der Waals surface area contributed by atoms with Crippen molar-refractivity contribution in [3.63, 3.8) is 0 Å². The number of primary amides is 1. The van der Waals surface area contributed by atoms with Gasteiger partial charge in [-0.15, -0.1) is 4.98 Å². The lowest BCUT2D eigenvalue weighted by Crippen LogP contribution is -2.55. The van der Waals surface area contributed by atoms with E-state index in [1.54, 1.807) is 25.1 Å². The van der Waals surface area contributed by atoms with E-state index in [-0.39, 0.29) is 5.91 Å². The average Bonchev–Trinajstić information content (AvgIpc) is 2.88. The highest BCUT2D eigenvalue weighted by atomic mass is 32.1. The highest BCUT2D eigenvalue weighted by Gasteiger charge is 2.59. The predicted octanol–water partition coefficient (Wildman–Crippen LogP) is 3.41. The van der Waals surface area contributed by atoms with Crippen LogP contribution in [0.15, 0.2) is 30.5 Å². The molecule has 1 aliphatic carbocycles. The van der Waals surface area contributed by atoms with E-state index in [2.05, 4.69) is 9.83 Å². The van der Waals surface area contributed by atoms with E-state index in [1.165, 1.54) is 11.1 Å². The molecule has 146 valence electrons. The number of hydrogen-bond acceptors (Lipinski definition) is 4. The molecule has 4 rings (SSSR count). The van der Waals surface area contributed by atoms with E-state index in [4.69, 9.17) is 24.5 Å². The van der Waals surface area contributed by atoms with Crippen molar-refractivity contribution in [2.45, 2.75) is 38.6 Å². The van der Waals surface area contributed by atoms with Crippen LogP contribution in [-0.2, 0) is 4.79 Å². The number of hydrogen-bond donors (Lipinski definition) is 1. The van der Waals surface area contributed by atoms with Crippen molar-refractivity contribution in [2.75, 3.05) is 9.80 Å². The first-order chi connectivity index (χ1) is 13.8. The molecule has 8 heteroatoms. The summed E-state index contributed by atoms with van der Waals surface area (Å²) in [6.07, 6.45) is 3.85. The molecule has 0 bridgehead atoms. The third-order valence-electron chi connectivity index (χ3n) is 5.73. The molecule has 2 amide bonds. The number of benzene rings is 1. The van der Waals surface area contributed by atoms with Gasteiger partial charge in [0.05, 0.1) is 5.69 Å². The number of amides is 2. The number of pyridine rings is 1. The molecule has 1 spiro atoms. The lowest BCUT2D eigenvalue weighted by Gasteiger charge is -2.43. The number of nitrogens with two attached hydrogens (primary N) is 1. The maximum Gasteiger partial charge on any atom is 0.272 e. The number of thiocarbonyl (C=S) groups is 1. The monoisotopic (exact) mass is 405 g/mol. The van der Waals surface area contributed by atoms with Gasteiger partial charge in [-0.2, -0.15) is 0 Å². The van der Waals surface area contributed by atoms with E-state index in [0.29, 0.717) is 40.6 Å². The van der Waals surface area contributed by atoms with Crippen molar-refractivity contribution in [1.29, 1.82) is 0 Å². The Hall–Kier alpha value is -3.31. The molecule has 7 nitrogen and oxygen atoms in total. The van der Waals surface area contributed by atoms with Crippen molar-refractivity contribution in [3.8, 4) is 0 Å². The fourth-order valence-corrected chi connectivity index (χ4v) is 4.53. The molecule has 2 aromatic rings. The Kier molecular flexibility index (Phi) is 4.35. The number of aryl methyl sites for hydroxylation is 2. The highest BCUT2D eigenvalue weighted by molar-refractivity contribution is 7.81. The number of aromatic nitrogens is 1. The molecule has 1 aromatic heterocycles. The van der Waals surface area contributed by atoms with Gasteiger partial charge in [-0.3, -0.25) is 14.5 Å². The van der Waals surface area contributed by atoms with Gasteiger partial charge in [0.2, 0.25) is 5.91 Å². The molecule has 0 unspecified atom stereocenters. The summed E-state index contributed by atoms with van der Waals surface area (Å²) in [5, 5.41) is 0.373. The van der Waals surface area contributed by atoms with E-state index >= 15 is 0 Å². The summed E-state index contributed by atoms with van der Waals surface area (Å²) in [7, 11) is 0. The summed E-state index contributed by atoms with van der Waals surface area (Å²) in [6.45, 7) is 10.8. The van der Waals surface area contributed by atoms with Gasteiger partial charge in [-0.05, 0) is 80.7 Å². The van der Waals surface area contributed by atoms with E-state index in [0.717, 1.165) is 17.7 Å².